The number of nitrogens with zero attached hydrogens (tertiary/aromatic N) is 3. The minimum absolute atomic E-state index is 0.580. The van der Waals surface area contributed by atoms with Gasteiger partial charge in [-0.2, -0.15) is 0 Å². The van der Waals surface area contributed by atoms with E-state index >= 15 is 0 Å². The second-order valence-electron chi connectivity index (χ2n) is 13.5. The second kappa shape index (κ2) is 13.5. The highest BCUT2D eigenvalue weighted by Gasteiger charge is 2.20. The summed E-state index contributed by atoms with van der Waals surface area (Å²) in [5.41, 5.74) is 11.8. The maximum Gasteiger partial charge on any atom is 0.170 e. The number of hydrogen-bond acceptors (Lipinski definition) is 4. The van der Waals surface area contributed by atoms with Crippen LogP contribution < -0.4 is 9.47 Å². The molecule has 0 amide bonds. The molecule has 0 atom stereocenters. The van der Waals surface area contributed by atoms with E-state index in [0.29, 0.717) is 23.1 Å². The lowest BCUT2D eigenvalue weighted by Gasteiger charge is -2.21. The number of aromatic nitrogens is 3. The Morgan fingerprint density at radius 3 is 1.82 bits per heavy atom. The third-order valence-electron chi connectivity index (χ3n) is 10.1. The van der Waals surface area contributed by atoms with Crippen LogP contribution in [-0.2, 0) is 0 Å². The van der Waals surface area contributed by atoms with Gasteiger partial charge in [-0.1, -0.05) is 134 Å². The first-order valence-electron chi connectivity index (χ1n) is 18.2. The monoisotopic (exact) mass is 707 g/mol. The van der Waals surface area contributed by atoms with Crippen LogP contribution in [0.2, 0.25) is 0 Å². The van der Waals surface area contributed by atoms with Gasteiger partial charge in [0.25, 0.3) is 0 Å². The number of allylic oxidation sites excluding steroid dienone is 1. The molecule has 10 rings (SSSR count). The van der Waals surface area contributed by atoms with E-state index in [9.17, 15) is 0 Å². The van der Waals surface area contributed by atoms with Gasteiger partial charge in [0.1, 0.15) is 6.26 Å². The van der Waals surface area contributed by atoms with E-state index in [1.54, 1.807) is 6.26 Å². The molecule has 0 saturated heterocycles. The van der Waals surface area contributed by atoms with Gasteiger partial charge in [-0.15, -0.1) is 0 Å². The van der Waals surface area contributed by atoms with Gasteiger partial charge in [0.15, 0.2) is 23.1 Å². The fourth-order valence-electron chi connectivity index (χ4n) is 7.42. The number of ether oxygens (including phenoxy) is 2. The Morgan fingerprint density at radius 2 is 1.09 bits per heavy atom. The zero-order chi connectivity index (χ0) is 36.7. The van der Waals surface area contributed by atoms with Gasteiger partial charge in [0, 0.05) is 38.7 Å². The van der Waals surface area contributed by atoms with E-state index in [4.69, 9.17) is 19.4 Å². The van der Waals surface area contributed by atoms with Crippen molar-refractivity contribution in [2.45, 2.75) is 0 Å². The molecular formula is C50H33N3O2. The maximum atomic E-state index is 6.27. The summed E-state index contributed by atoms with van der Waals surface area (Å²) in [6.45, 7) is 4.24. The molecule has 0 radical (unpaired) electrons. The third kappa shape index (κ3) is 5.85. The molecule has 7 aromatic carbocycles. The molecule has 2 aromatic heterocycles. The average Bonchev–Trinajstić information content (AvgIpc) is 3.60. The van der Waals surface area contributed by atoms with Gasteiger partial charge < -0.3 is 14.0 Å². The van der Waals surface area contributed by atoms with Crippen LogP contribution in [0.25, 0.3) is 78.1 Å². The molecule has 1 aliphatic rings. The molecule has 0 aliphatic carbocycles. The molecule has 0 unspecified atom stereocenters. The predicted octanol–water partition coefficient (Wildman–Crippen LogP) is 12.6. The van der Waals surface area contributed by atoms with Crippen molar-refractivity contribution in [3.05, 3.63) is 206 Å². The molecule has 260 valence electrons. The summed E-state index contributed by atoms with van der Waals surface area (Å²) in [4.78, 5) is 10.4. The van der Waals surface area contributed by atoms with Crippen molar-refractivity contribution < 1.29 is 9.47 Å². The lowest BCUT2D eigenvalue weighted by molar-refractivity contribution is 0.341. The molecule has 55 heavy (non-hydrogen) atoms. The number of rotatable bonds is 7. The normalized spacial score (nSPS) is 12.1. The highest BCUT2D eigenvalue weighted by molar-refractivity contribution is 6.09. The lowest BCUT2D eigenvalue weighted by atomic mass is 9.96. The Bertz CT molecular complexity index is 2870. The van der Waals surface area contributed by atoms with Crippen LogP contribution in [0.5, 0.6) is 11.5 Å². The van der Waals surface area contributed by atoms with Gasteiger partial charge in [0.2, 0.25) is 0 Å². The molecule has 0 bridgehead atoms. The van der Waals surface area contributed by atoms with Crippen molar-refractivity contribution in [1.29, 1.82) is 0 Å². The SMILES string of the molecule is C=C(C1=COc2cc(-c3ccccc3-c3cc(-c4ccccc4)nc(-c4ccc(-n5c6ccccc6c6ccccc65)cc4)n3)ccc2O1)c1ccccc1. The van der Waals surface area contributed by atoms with Crippen LogP contribution in [0.15, 0.2) is 201 Å². The maximum absolute atomic E-state index is 6.27. The largest absolute Gasteiger partial charge is 0.457 e. The zero-order valence-corrected chi connectivity index (χ0v) is 29.8. The van der Waals surface area contributed by atoms with Crippen molar-refractivity contribution in [2.75, 3.05) is 0 Å². The van der Waals surface area contributed by atoms with Gasteiger partial charge in [0.05, 0.1) is 22.4 Å². The average molecular weight is 708 g/mol. The van der Waals surface area contributed by atoms with E-state index in [-0.39, 0.29) is 0 Å². The minimum Gasteiger partial charge on any atom is -0.457 e. The summed E-state index contributed by atoms with van der Waals surface area (Å²) in [6, 6.07) is 62.3. The van der Waals surface area contributed by atoms with E-state index in [0.717, 1.165) is 56.0 Å². The molecular weight excluding hydrogens is 675 g/mol. The first kappa shape index (κ1) is 32.2. The van der Waals surface area contributed by atoms with Crippen LogP contribution in [0, 0.1) is 0 Å². The van der Waals surface area contributed by atoms with Crippen LogP contribution >= 0.6 is 0 Å². The van der Waals surface area contributed by atoms with Gasteiger partial charge >= 0.3 is 0 Å². The van der Waals surface area contributed by atoms with Gasteiger partial charge in [-0.3, -0.25) is 0 Å². The molecule has 5 heteroatoms. The van der Waals surface area contributed by atoms with Crippen molar-refractivity contribution in [1.82, 2.24) is 14.5 Å². The molecule has 1 aliphatic heterocycles. The summed E-state index contributed by atoms with van der Waals surface area (Å²) < 4.78 is 14.7. The van der Waals surface area contributed by atoms with Crippen molar-refractivity contribution in [3.63, 3.8) is 0 Å². The van der Waals surface area contributed by atoms with Gasteiger partial charge in [-0.25, -0.2) is 9.97 Å². The number of benzene rings is 7. The lowest BCUT2D eigenvalue weighted by Crippen LogP contribution is -2.06. The van der Waals surface area contributed by atoms with Crippen molar-refractivity contribution in [3.8, 4) is 62.2 Å². The van der Waals surface area contributed by atoms with Crippen LogP contribution in [0.4, 0.5) is 0 Å². The molecule has 0 spiro atoms. The number of fused-ring (bicyclic) bond motifs is 4. The van der Waals surface area contributed by atoms with E-state index < -0.39 is 0 Å². The summed E-state index contributed by atoms with van der Waals surface area (Å²) in [7, 11) is 0. The van der Waals surface area contributed by atoms with Crippen molar-refractivity contribution in [2.24, 2.45) is 0 Å². The Hall–Kier alpha value is -7.50. The Morgan fingerprint density at radius 1 is 0.491 bits per heavy atom. The molecule has 0 saturated carbocycles. The number of para-hydroxylation sites is 2. The highest BCUT2D eigenvalue weighted by atomic mass is 16.6. The Labute approximate surface area is 318 Å². The topological polar surface area (TPSA) is 49.2 Å². The van der Waals surface area contributed by atoms with Crippen LogP contribution in [0.3, 0.4) is 0 Å². The van der Waals surface area contributed by atoms with Gasteiger partial charge in [-0.05, 0) is 71.3 Å². The zero-order valence-electron chi connectivity index (χ0n) is 29.8. The minimum atomic E-state index is 0.580. The Kier molecular flexibility index (Phi) is 7.89. The van der Waals surface area contributed by atoms with Crippen LogP contribution in [0.1, 0.15) is 5.56 Å². The van der Waals surface area contributed by atoms with E-state index in [1.165, 1.54) is 21.8 Å². The fraction of sp³-hybridized carbons (Fsp3) is 0. The molecule has 9 aromatic rings. The fourth-order valence-corrected chi connectivity index (χ4v) is 7.42. The Balaban J connectivity index is 1.03. The van der Waals surface area contributed by atoms with E-state index in [2.05, 4.69) is 120 Å². The predicted molar refractivity (Wildman–Crippen MR) is 223 cm³/mol. The molecule has 3 heterocycles. The number of hydrogen-bond donors (Lipinski definition) is 0. The first-order chi connectivity index (χ1) is 27.2. The molecule has 0 N–H and O–H groups in total. The first-order valence-corrected chi connectivity index (χ1v) is 18.2. The highest BCUT2D eigenvalue weighted by Crippen LogP contribution is 2.42. The summed E-state index contributed by atoms with van der Waals surface area (Å²) in [6.07, 6.45) is 1.63. The molecule has 5 nitrogen and oxygen atoms in total. The van der Waals surface area contributed by atoms with Crippen LogP contribution in [-0.4, -0.2) is 14.5 Å². The standard InChI is InChI=1S/C50H33N3O2/c1-33(34-14-4-2-5-15-34)49-32-54-48-30-37(26-29-47(48)55-49)39-18-8-9-19-40(39)44-31-43(35-16-6-3-7-17-35)51-50(52-44)36-24-27-38(28-25-36)53-45-22-12-10-20-41(45)42-21-11-13-23-46(42)53/h2-32H,1H2. The summed E-state index contributed by atoms with van der Waals surface area (Å²) in [5, 5.41) is 2.47. The summed E-state index contributed by atoms with van der Waals surface area (Å²) >= 11 is 0. The van der Waals surface area contributed by atoms with Crippen molar-refractivity contribution >= 4 is 27.4 Å². The smallest absolute Gasteiger partial charge is 0.170 e. The second-order valence-corrected chi connectivity index (χ2v) is 13.5. The quantitative estimate of drug-likeness (QED) is 0.165. The summed E-state index contributed by atoms with van der Waals surface area (Å²) in [5.74, 6) is 2.50. The van der Waals surface area contributed by atoms with E-state index in [1.807, 2.05) is 72.8 Å². The molecule has 0 fully saturated rings. The third-order valence-corrected chi connectivity index (χ3v) is 10.1.